The molecule has 0 aromatic carbocycles. The zero-order valence-corrected chi connectivity index (χ0v) is 8.95. The van der Waals surface area contributed by atoms with E-state index in [1.807, 2.05) is 20.0 Å². The second kappa shape index (κ2) is 7.17. The minimum Gasteiger partial charge on any atom is -0.286 e. The van der Waals surface area contributed by atoms with Gasteiger partial charge in [-0.15, -0.1) is 6.58 Å². The van der Waals surface area contributed by atoms with Gasteiger partial charge in [-0.3, -0.25) is 4.99 Å². The summed E-state index contributed by atoms with van der Waals surface area (Å²) in [6.07, 6.45) is 6.30. The molecular formula is C10H17NS. The Hall–Kier alpha value is -0.500. The average molecular weight is 183 g/mol. The lowest BCUT2D eigenvalue weighted by Crippen LogP contribution is -1.82. The zero-order valence-electron chi connectivity index (χ0n) is 8.13. The van der Waals surface area contributed by atoms with Crippen molar-refractivity contribution in [1.82, 2.24) is 0 Å². The molecule has 0 atom stereocenters. The van der Waals surface area contributed by atoms with Crippen molar-refractivity contribution in [2.45, 2.75) is 26.7 Å². The van der Waals surface area contributed by atoms with Crippen molar-refractivity contribution in [3.8, 4) is 0 Å². The topological polar surface area (TPSA) is 12.4 Å². The molecule has 0 unspecified atom stereocenters. The predicted octanol–water partition coefficient (Wildman–Crippen LogP) is 3.64. The van der Waals surface area contributed by atoms with Gasteiger partial charge in [-0.25, -0.2) is 0 Å². The van der Waals surface area contributed by atoms with Gasteiger partial charge < -0.3 is 0 Å². The molecule has 0 radical (unpaired) electrons. The van der Waals surface area contributed by atoms with Crippen molar-refractivity contribution in [2.75, 3.05) is 7.05 Å². The third-order valence-electron chi connectivity index (χ3n) is 1.43. The minimum atomic E-state index is 1.06. The molecule has 0 bridgehead atoms. The lowest BCUT2D eigenvalue weighted by atomic mass is 10.3. The fourth-order valence-corrected chi connectivity index (χ4v) is 1.48. The van der Waals surface area contributed by atoms with Gasteiger partial charge in [0.05, 0.1) is 5.04 Å². The first kappa shape index (κ1) is 11.5. The standard InChI is InChI=1S/C10H17NS/c1-5-6-7-8-9(2)12-10(3)11-4/h5,8H,1,6-7H2,2-4H3/b9-8+,11-10?. The molecular weight excluding hydrogens is 166 g/mol. The number of aliphatic imine (C=N–C) groups is 1. The molecule has 0 amide bonds. The summed E-state index contributed by atoms with van der Waals surface area (Å²) in [5, 5.41) is 1.11. The van der Waals surface area contributed by atoms with Crippen LogP contribution in [0.4, 0.5) is 0 Å². The average Bonchev–Trinajstić information content (AvgIpc) is 2.05. The lowest BCUT2D eigenvalue weighted by molar-refractivity contribution is 1.05. The van der Waals surface area contributed by atoms with E-state index in [9.17, 15) is 0 Å². The normalized spacial score (nSPS) is 13.2. The molecule has 0 spiro atoms. The molecule has 0 rings (SSSR count). The first-order valence-electron chi connectivity index (χ1n) is 4.09. The first-order chi connectivity index (χ1) is 5.70. The molecule has 0 N–H and O–H groups in total. The van der Waals surface area contributed by atoms with Crippen LogP contribution in [0.2, 0.25) is 0 Å². The van der Waals surface area contributed by atoms with Gasteiger partial charge in [-0.1, -0.05) is 23.9 Å². The molecule has 0 aliphatic rings. The molecule has 0 aliphatic heterocycles. The highest BCUT2D eigenvalue weighted by Crippen LogP contribution is 2.17. The molecule has 68 valence electrons. The Morgan fingerprint density at radius 2 is 2.08 bits per heavy atom. The van der Waals surface area contributed by atoms with E-state index in [1.165, 1.54) is 4.91 Å². The predicted molar refractivity (Wildman–Crippen MR) is 59.8 cm³/mol. The SMILES string of the molecule is C=CCC/C=C(\C)SC(C)=NC. The second-order valence-corrected chi connectivity index (χ2v) is 3.96. The summed E-state index contributed by atoms with van der Waals surface area (Å²) in [5.74, 6) is 0. The van der Waals surface area contributed by atoms with Crippen LogP contribution < -0.4 is 0 Å². The summed E-state index contributed by atoms with van der Waals surface area (Å²) in [7, 11) is 1.82. The Morgan fingerprint density at radius 3 is 2.58 bits per heavy atom. The van der Waals surface area contributed by atoms with E-state index in [1.54, 1.807) is 11.8 Å². The monoisotopic (exact) mass is 183 g/mol. The van der Waals surface area contributed by atoms with Crippen LogP contribution in [-0.2, 0) is 0 Å². The number of thioether (sulfide) groups is 1. The number of hydrogen-bond donors (Lipinski definition) is 0. The molecule has 2 heteroatoms. The highest BCUT2D eigenvalue weighted by Gasteiger charge is 1.92. The number of unbranched alkanes of at least 4 members (excludes halogenated alkanes) is 1. The third-order valence-corrected chi connectivity index (χ3v) is 2.39. The fraction of sp³-hybridized carbons (Fsp3) is 0.500. The van der Waals surface area contributed by atoms with Crippen molar-refractivity contribution in [3.63, 3.8) is 0 Å². The van der Waals surface area contributed by atoms with E-state index in [2.05, 4.69) is 24.6 Å². The smallest absolute Gasteiger partial charge is 0.0685 e. The summed E-state index contributed by atoms with van der Waals surface area (Å²) in [4.78, 5) is 5.39. The van der Waals surface area contributed by atoms with Crippen LogP contribution in [0.15, 0.2) is 28.6 Å². The lowest BCUT2D eigenvalue weighted by Gasteiger charge is -1.98. The van der Waals surface area contributed by atoms with Crippen molar-refractivity contribution in [2.24, 2.45) is 4.99 Å². The van der Waals surface area contributed by atoms with E-state index in [-0.39, 0.29) is 0 Å². The van der Waals surface area contributed by atoms with Crippen LogP contribution in [0.1, 0.15) is 26.7 Å². The molecule has 0 aromatic heterocycles. The Balaban J connectivity index is 3.77. The number of rotatable bonds is 4. The van der Waals surface area contributed by atoms with Gasteiger partial charge in [0.2, 0.25) is 0 Å². The first-order valence-corrected chi connectivity index (χ1v) is 4.91. The Morgan fingerprint density at radius 1 is 1.42 bits per heavy atom. The van der Waals surface area contributed by atoms with Crippen molar-refractivity contribution in [3.05, 3.63) is 23.6 Å². The second-order valence-electron chi connectivity index (χ2n) is 2.53. The van der Waals surface area contributed by atoms with Gasteiger partial charge in [-0.2, -0.15) is 0 Å². The maximum atomic E-state index is 4.08. The summed E-state index contributed by atoms with van der Waals surface area (Å²) in [5.41, 5.74) is 0. The Bertz CT molecular complexity index is 192. The maximum absolute atomic E-state index is 4.08. The molecule has 0 aliphatic carbocycles. The summed E-state index contributed by atoms with van der Waals surface area (Å²) in [6.45, 7) is 7.81. The van der Waals surface area contributed by atoms with Gasteiger partial charge in [0.25, 0.3) is 0 Å². The Labute approximate surface area is 79.7 Å². The van der Waals surface area contributed by atoms with Crippen LogP contribution >= 0.6 is 11.8 Å². The van der Waals surface area contributed by atoms with Gasteiger partial charge in [0.1, 0.15) is 0 Å². The highest BCUT2D eigenvalue weighted by molar-refractivity contribution is 8.17. The molecule has 1 nitrogen and oxygen atoms in total. The quantitative estimate of drug-likeness (QED) is 0.280. The molecule has 0 fully saturated rings. The van der Waals surface area contributed by atoms with Gasteiger partial charge >= 0.3 is 0 Å². The van der Waals surface area contributed by atoms with Crippen LogP contribution in [-0.4, -0.2) is 12.1 Å². The van der Waals surface area contributed by atoms with Gasteiger partial charge in [0.15, 0.2) is 0 Å². The maximum Gasteiger partial charge on any atom is 0.0685 e. The Kier molecular flexibility index (Phi) is 6.87. The van der Waals surface area contributed by atoms with Crippen molar-refractivity contribution >= 4 is 16.8 Å². The van der Waals surface area contributed by atoms with E-state index >= 15 is 0 Å². The van der Waals surface area contributed by atoms with E-state index in [4.69, 9.17) is 0 Å². The third kappa shape index (κ3) is 6.23. The zero-order chi connectivity index (χ0) is 9.40. The molecule has 0 saturated carbocycles. The summed E-state index contributed by atoms with van der Waals surface area (Å²) >= 11 is 1.73. The molecule has 12 heavy (non-hydrogen) atoms. The van der Waals surface area contributed by atoms with Crippen molar-refractivity contribution in [1.29, 1.82) is 0 Å². The fourth-order valence-electron chi connectivity index (χ4n) is 0.725. The van der Waals surface area contributed by atoms with E-state index in [0.29, 0.717) is 0 Å². The molecule has 0 heterocycles. The number of hydrogen-bond acceptors (Lipinski definition) is 2. The van der Waals surface area contributed by atoms with Crippen LogP contribution in [0.5, 0.6) is 0 Å². The van der Waals surface area contributed by atoms with Crippen LogP contribution in [0.25, 0.3) is 0 Å². The van der Waals surface area contributed by atoms with Crippen LogP contribution in [0, 0.1) is 0 Å². The summed E-state index contributed by atoms with van der Waals surface area (Å²) < 4.78 is 0. The highest BCUT2D eigenvalue weighted by atomic mass is 32.2. The van der Waals surface area contributed by atoms with Crippen molar-refractivity contribution < 1.29 is 0 Å². The van der Waals surface area contributed by atoms with Gasteiger partial charge in [-0.05, 0) is 31.6 Å². The van der Waals surface area contributed by atoms with Crippen LogP contribution in [0.3, 0.4) is 0 Å². The number of allylic oxidation sites excluding steroid dienone is 3. The molecule has 0 aromatic rings. The van der Waals surface area contributed by atoms with E-state index in [0.717, 1.165) is 17.9 Å². The largest absolute Gasteiger partial charge is 0.286 e. The minimum absolute atomic E-state index is 1.06. The van der Waals surface area contributed by atoms with Gasteiger partial charge in [0, 0.05) is 7.05 Å². The summed E-state index contributed by atoms with van der Waals surface area (Å²) in [6, 6.07) is 0. The molecule has 0 saturated heterocycles. The number of nitrogens with zero attached hydrogens (tertiary/aromatic N) is 1. The van der Waals surface area contributed by atoms with E-state index < -0.39 is 0 Å².